The Morgan fingerprint density at radius 1 is 0.818 bits per heavy atom. The van der Waals surface area contributed by atoms with Crippen molar-refractivity contribution in [1.29, 1.82) is 0 Å². The molecular weight excluding hydrogens is 272 g/mol. The van der Waals surface area contributed by atoms with E-state index in [0.717, 1.165) is 6.42 Å². The largest absolute Gasteiger partial charge is 0.366 e. The second kappa shape index (κ2) is 8.37. The van der Waals surface area contributed by atoms with E-state index >= 15 is 0 Å². The summed E-state index contributed by atoms with van der Waals surface area (Å²) < 4.78 is 0. The normalized spacial score (nSPS) is 9.45. The van der Waals surface area contributed by atoms with E-state index in [-0.39, 0.29) is 0 Å². The zero-order valence-electron chi connectivity index (χ0n) is 12.2. The van der Waals surface area contributed by atoms with Crippen molar-refractivity contribution in [3.63, 3.8) is 0 Å². The van der Waals surface area contributed by atoms with E-state index in [0.29, 0.717) is 5.56 Å². The highest BCUT2D eigenvalue weighted by Crippen LogP contribution is 2.07. The molecule has 0 spiro atoms. The summed E-state index contributed by atoms with van der Waals surface area (Å²) in [5.74, 6) is -0.442. The summed E-state index contributed by atoms with van der Waals surface area (Å²) in [6.07, 6.45) is 4.05. The molecule has 3 nitrogen and oxygen atoms in total. The summed E-state index contributed by atoms with van der Waals surface area (Å²) in [5, 5.41) is 0. The van der Waals surface area contributed by atoms with Crippen molar-refractivity contribution in [2.75, 3.05) is 0 Å². The first-order chi connectivity index (χ1) is 10.8. The fraction of sp³-hybridized carbons (Fsp3) is 0.0526. The molecule has 0 saturated heterocycles. The van der Waals surface area contributed by atoms with Crippen LogP contribution in [0.5, 0.6) is 0 Å². The summed E-state index contributed by atoms with van der Waals surface area (Å²) in [4.78, 5) is 14.1. The molecule has 1 aromatic heterocycles. The van der Waals surface area contributed by atoms with E-state index in [1.807, 2.05) is 0 Å². The molecule has 0 atom stereocenters. The standard InChI is InChI=1S/C13H12.C6H6N2O/c1-3-7-12(8-4-1)11-13-9-5-2-6-10-13;7-6(9)5-2-1-3-8-4-5/h1-10H,11H2;1-4H,(H2,7,9). The fourth-order valence-corrected chi connectivity index (χ4v) is 1.94. The molecule has 0 aliphatic carbocycles. The van der Waals surface area contributed by atoms with Crippen molar-refractivity contribution < 1.29 is 4.79 Å². The highest BCUT2D eigenvalue weighted by Gasteiger charge is 1.95. The zero-order valence-corrected chi connectivity index (χ0v) is 12.2. The highest BCUT2D eigenvalue weighted by molar-refractivity contribution is 5.92. The molecule has 1 heterocycles. The molecule has 3 heteroatoms. The number of rotatable bonds is 3. The predicted molar refractivity (Wildman–Crippen MR) is 88.4 cm³/mol. The second-order valence-electron chi connectivity index (χ2n) is 4.75. The van der Waals surface area contributed by atoms with Crippen LogP contribution in [0, 0.1) is 0 Å². The monoisotopic (exact) mass is 290 g/mol. The van der Waals surface area contributed by atoms with Crippen LogP contribution in [0.2, 0.25) is 0 Å². The van der Waals surface area contributed by atoms with Crippen LogP contribution in [0.3, 0.4) is 0 Å². The Hall–Kier alpha value is -2.94. The third kappa shape index (κ3) is 5.21. The molecule has 0 saturated carbocycles. The van der Waals surface area contributed by atoms with Crippen LogP contribution in [-0.2, 0) is 6.42 Å². The Bertz CT molecular complexity index is 645. The molecule has 0 bridgehead atoms. The Morgan fingerprint density at radius 2 is 1.36 bits per heavy atom. The van der Waals surface area contributed by atoms with Crippen LogP contribution in [0.4, 0.5) is 0 Å². The first kappa shape index (κ1) is 15.4. The van der Waals surface area contributed by atoms with Gasteiger partial charge in [-0.25, -0.2) is 0 Å². The highest BCUT2D eigenvalue weighted by atomic mass is 16.1. The van der Waals surface area contributed by atoms with E-state index in [1.165, 1.54) is 17.3 Å². The van der Waals surface area contributed by atoms with Gasteiger partial charge in [0, 0.05) is 12.4 Å². The molecule has 2 aromatic carbocycles. The van der Waals surface area contributed by atoms with E-state index < -0.39 is 5.91 Å². The molecule has 3 aromatic rings. The number of benzene rings is 2. The Balaban J connectivity index is 0.000000172. The summed E-state index contributed by atoms with van der Waals surface area (Å²) >= 11 is 0. The average Bonchev–Trinajstić information content (AvgIpc) is 2.58. The SMILES string of the molecule is NC(=O)c1cccnc1.c1ccc(Cc2ccccc2)cc1. The van der Waals surface area contributed by atoms with Gasteiger partial charge in [0.2, 0.25) is 5.91 Å². The molecule has 2 N–H and O–H groups in total. The van der Waals surface area contributed by atoms with Crippen molar-refractivity contribution >= 4 is 5.91 Å². The number of carbonyl (C=O) groups excluding carboxylic acids is 1. The van der Waals surface area contributed by atoms with Gasteiger partial charge in [-0.3, -0.25) is 9.78 Å². The number of hydrogen-bond donors (Lipinski definition) is 1. The summed E-state index contributed by atoms with van der Waals surface area (Å²) in [6.45, 7) is 0. The van der Waals surface area contributed by atoms with E-state index in [4.69, 9.17) is 5.73 Å². The van der Waals surface area contributed by atoms with Gasteiger partial charge in [-0.2, -0.15) is 0 Å². The van der Waals surface area contributed by atoms with E-state index in [1.54, 1.807) is 18.3 Å². The maximum Gasteiger partial charge on any atom is 0.250 e. The number of carbonyl (C=O) groups is 1. The first-order valence-electron chi connectivity index (χ1n) is 7.03. The van der Waals surface area contributed by atoms with Crippen LogP contribution in [0.15, 0.2) is 85.2 Å². The lowest BCUT2D eigenvalue weighted by Crippen LogP contribution is -2.10. The maximum absolute atomic E-state index is 10.4. The molecule has 0 aliphatic rings. The van der Waals surface area contributed by atoms with Crippen molar-refractivity contribution in [3.8, 4) is 0 Å². The third-order valence-corrected chi connectivity index (χ3v) is 3.04. The first-order valence-corrected chi connectivity index (χ1v) is 7.03. The van der Waals surface area contributed by atoms with Crippen LogP contribution >= 0.6 is 0 Å². The van der Waals surface area contributed by atoms with Gasteiger partial charge in [-0.05, 0) is 29.7 Å². The lowest BCUT2D eigenvalue weighted by Gasteiger charge is -2.00. The number of nitrogens with two attached hydrogens (primary N) is 1. The second-order valence-corrected chi connectivity index (χ2v) is 4.75. The van der Waals surface area contributed by atoms with E-state index in [2.05, 4.69) is 65.6 Å². The number of nitrogens with zero attached hydrogens (tertiary/aromatic N) is 1. The van der Waals surface area contributed by atoms with Crippen LogP contribution < -0.4 is 5.73 Å². The third-order valence-electron chi connectivity index (χ3n) is 3.04. The molecular formula is C19H18N2O. The minimum atomic E-state index is -0.442. The molecule has 3 rings (SSSR count). The zero-order chi connectivity index (χ0) is 15.6. The van der Waals surface area contributed by atoms with Gasteiger partial charge in [-0.1, -0.05) is 60.7 Å². The van der Waals surface area contributed by atoms with Gasteiger partial charge in [0.25, 0.3) is 0 Å². The predicted octanol–water partition coefficient (Wildman–Crippen LogP) is 3.46. The molecule has 0 aliphatic heterocycles. The van der Waals surface area contributed by atoms with Gasteiger partial charge < -0.3 is 5.73 Å². The average molecular weight is 290 g/mol. The van der Waals surface area contributed by atoms with Gasteiger partial charge in [0.15, 0.2) is 0 Å². The smallest absolute Gasteiger partial charge is 0.250 e. The molecule has 0 fully saturated rings. The molecule has 0 unspecified atom stereocenters. The molecule has 0 radical (unpaired) electrons. The van der Waals surface area contributed by atoms with Crippen molar-refractivity contribution in [3.05, 3.63) is 102 Å². The van der Waals surface area contributed by atoms with Crippen LogP contribution in [0.1, 0.15) is 21.5 Å². The van der Waals surface area contributed by atoms with Gasteiger partial charge in [0.05, 0.1) is 5.56 Å². The number of pyridine rings is 1. The molecule has 1 amide bonds. The minimum absolute atomic E-state index is 0.442. The number of hydrogen-bond acceptors (Lipinski definition) is 2. The lowest BCUT2D eigenvalue weighted by atomic mass is 10.1. The Labute approximate surface area is 130 Å². The van der Waals surface area contributed by atoms with Crippen LogP contribution in [0.25, 0.3) is 0 Å². The Morgan fingerprint density at radius 3 is 1.73 bits per heavy atom. The quantitative estimate of drug-likeness (QED) is 0.803. The van der Waals surface area contributed by atoms with Crippen molar-refractivity contribution in [2.45, 2.75) is 6.42 Å². The molecule has 110 valence electrons. The van der Waals surface area contributed by atoms with Gasteiger partial charge in [0.1, 0.15) is 0 Å². The van der Waals surface area contributed by atoms with Crippen molar-refractivity contribution in [1.82, 2.24) is 4.98 Å². The summed E-state index contributed by atoms with van der Waals surface area (Å²) in [5.41, 5.74) is 8.12. The lowest BCUT2D eigenvalue weighted by molar-refractivity contribution is 0.1000. The Kier molecular flexibility index (Phi) is 5.88. The fourth-order valence-electron chi connectivity index (χ4n) is 1.94. The van der Waals surface area contributed by atoms with Gasteiger partial charge in [-0.15, -0.1) is 0 Å². The minimum Gasteiger partial charge on any atom is -0.366 e. The number of primary amides is 1. The number of aromatic nitrogens is 1. The summed E-state index contributed by atoms with van der Waals surface area (Å²) in [6, 6.07) is 24.4. The molecule has 22 heavy (non-hydrogen) atoms. The maximum atomic E-state index is 10.4. The van der Waals surface area contributed by atoms with Crippen molar-refractivity contribution in [2.24, 2.45) is 5.73 Å². The number of amides is 1. The summed E-state index contributed by atoms with van der Waals surface area (Å²) in [7, 11) is 0. The van der Waals surface area contributed by atoms with Gasteiger partial charge >= 0.3 is 0 Å². The van der Waals surface area contributed by atoms with Crippen LogP contribution in [-0.4, -0.2) is 10.9 Å². The topological polar surface area (TPSA) is 56.0 Å². The van der Waals surface area contributed by atoms with E-state index in [9.17, 15) is 4.79 Å².